The number of oxazole rings is 1. The van der Waals surface area contributed by atoms with Crippen LogP contribution in [0.3, 0.4) is 0 Å². The van der Waals surface area contributed by atoms with Crippen molar-refractivity contribution >= 4 is 33.3 Å². The second-order valence-corrected chi connectivity index (χ2v) is 9.25. The van der Waals surface area contributed by atoms with Crippen molar-refractivity contribution in [2.45, 2.75) is 44.4 Å². The highest BCUT2D eigenvalue weighted by Crippen LogP contribution is 2.29. The van der Waals surface area contributed by atoms with Crippen molar-refractivity contribution in [3.05, 3.63) is 53.5 Å². The molecule has 150 valence electrons. The first-order chi connectivity index (χ1) is 14.1. The van der Waals surface area contributed by atoms with Gasteiger partial charge in [-0.05, 0) is 49.6 Å². The minimum absolute atomic E-state index is 0.610. The van der Waals surface area contributed by atoms with Gasteiger partial charge in [-0.3, -0.25) is 0 Å². The maximum atomic E-state index is 5.64. The lowest BCUT2D eigenvalue weighted by molar-refractivity contribution is 0.486. The van der Waals surface area contributed by atoms with Gasteiger partial charge in [0.05, 0.1) is 21.4 Å². The van der Waals surface area contributed by atoms with Crippen molar-refractivity contribution in [3.8, 4) is 11.3 Å². The minimum Gasteiger partial charge on any atom is -0.441 e. The number of thiazole rings is 1. The number of aromatic nitrogens is 4. The molecule has 0 spiro atoms. The molecule has 0 bridgehead atoms. The molecule has 7 heteroatoms. The van der Waals surface area contributed by atoms with Crippen molar-refractivity contribution in [1.29, 1.82) is 0 Å². The van der Waals surface area contributed by atoms with Crippen LogP contribution in [-0.4, -0.2) is 26.2 Å². The van der Waals surface area contributed by atoms with E-state index >= 15 is 0 Å². The normalized spacial score (nSPS) is 12.5. The first-order valence-corrected chi connectivity index (χ1v) is 11.8. The number of fused-ring (bicyclic) bond motifs is 1. The average molecular weight is 425 g/mol. The molecule has 0 saturated carbocycles. The summed E-state index contributed by atoms with van der Waals surface area (Å²) in [6.07, 6.45) is 11.8. The van der Waals surface area contributed by atoms with Crippen LogP contribution in [0, 0.1) is 12.8 Å². The average Bonchev–Trinajstić information content (AvgIpc) is 3.36. The standard InChI is InChI=1S/C22H24N4OS2/c1-14(4-8-21-24-11-17(28-3)12-25-21)5-9-22-26-18-7-6-16(10-20(18)29-22)19-13-23-15(2)27-19/h6-7,10-14H,4-5,8-9H2,1-3H3. The van der Waals surface area contributed by atoms with Crippen molar-refractivity contribution < 1.29 is 4.42 Å². The van der Waals surface area contributed by atoms with Gasteiger partial charge in [0.1, 0.15) is 5.82 Å². The van der Waals surface area contributed by atoms with Crippen molar-refractivity contribution in [2.24, 2.45) is 5.92 Å². The Hall–Kier alpha value is -2.25. The van der Waals surface area contributed by atoms with E-state index in [2.05, 4.69) is 40.1 Å². The number of hydrogen-bond acceptors (Lipinski definition) is 7. The molecule has 3 heterocycles. The van der Waals surface area contributed by atoms with Crippen LogP contribution >= 0.6 is 23.1 Å². The maximum Gasteiger partial charge on any atom is 0.191 e. The van der Waals surface area contributed by atoms with Crippen LogP contribution in [-0.2, 0) is 12.8 Å². The third-order valence-corrected chi connectivity index (χ3v) is 6.73. The van der Waals surface area contributed by atoms with Gasteiger partial charge in [-0.2, -0.15) is 0 Å². The van der Waals surface area contributed by atoms with Crippen LogP contribution in [0.15, 0.2) is 46.1 Å². The molecule has 5 nitrogen and oxygen atoms in total. The lowest BCUT2D eigenvalue weighted by atomic mass is 10.00. The fourth-order valence-electron chi connectivity index (χ4n) is 3.19. The van der Waals surface area contributed by atoms with E-state index in [1.54, 1.807) is 29.3 Å². The van der Waals surface area contributed by atoms with E-state index in [-0.39, 0.29) is 0 Å². The summed E-state index contributed by atoms with van der Waals surface area (Å²) in [6, 6.07) is 6.27. The summed E-state index contributed by atoms with van der Waals surface area (Å²) in [6.45, 7) is 4.16. The highest BCUT2D eigenvalue weighted by atomic mass is 32.2. The summed E-state index contributed by atoms with van der Waals surface area (Å²) in [5.41, 5.74) is 2.11. The molecule has 1 atom stereocenters. The van der Waals surface area contributed by atoms with Crippen LogP contribution in [0.1, 0.15) is 36.5 Å². The van der Waals surface area contributed by atoms with Gasteiger partial charge in [-0.15, -0.1) is 23.1 Å². The summed E-state index contributed by atoms with van der Waals surface area (Å²) in [7, 11) is 0. The Balaban J connectivity index is 1.33. The van der Waals surface area contributed by atoms with Crippen molar-refractivity contribution in [1.82, 2.24) is 19.9 Å². The fourth-order valence-corrected chi connectivity index (χ4v) is 4.53. The molecule has 3 aromatic heterocycles. The summed E-state index contributed by atoms with van der Waals surface area (Å²) in [4.78, 5) is 19.0. The maximum absolute atomic E-state index is 5.64. The molecule has 0 saturated heterocycles. The van der Waals surface area contributed by atoms with Crippen molar-refractivity contribution in [3.63, 3.8) is 0 Å². The van der Waals surface area contributed by atoms with E-state index in [0.29, 0.717) is 11.8 Å². The Labute approximate surface area is 179 Å². The Kier molecular flexibility index (Phi) is 6.25. The van der Waals surface area contributed by atoms with Gasteiger partial charge in [0, 0.05) is 36.2 Å². The third-order valence-electron chi connectivity index (χ3n) is 4.97. The zero-order valence-corrected chi connectivity index (χ0v) is 18.5. The number of rotatable bonds is 8. The molecule has 29 heavy (non-hydrogen) atoms. The highest BCUT2D eigenvalue weighted by molar-refractivity contribution is 7.98. The van der Waals surface area contributed by atoms with Gasteiger partial charge in [0.15, 0.2) is 11.7 Å². The molecule has 1 aromatic carbocycles. The van der Waals surface area contributed by atoms with Crippen LogP contribution in [0.4, 0.5) is 0 Å². The first kappa shape index (κ1) is 20.0. The van der Waals surface area contributed by atoms with E-state index in [4.69, 9.17) is 9.40 Å². The van der Waals surface area contributed by atoms with Gasteiger partial charge in [-0.25, -0.2) is 19.9 Å². The molecule has 4 aromatic rings. The number of hydrogen-bond donors (Lipinski definition) is 0. The van der Waals surface area contributed by atoms with Gasteiger partial charge in [0.2, 0.25) is 0 Å². The predicted octanol–water partition coefficient (Wildman–Crippen LogP) is 5.97. The number of nitrogens with zero attached hydrogens (tertiary/aromatic N) is 4. The molecule has 0 radical (unpaired) electrons. The molecule has 0 N–H and O–H groups in total. The molecule has 1 unspecified atom stereocenters. The van der Waals surface area contributed by atoms with E-state index in [1.165, 1.54) is 9.71 Å². The van der Waals surface area contributed by atoms with E-state index in [9.17, 15) is 0 Å². The predicted molar refractivity (Wildman–Crippen MR) is 119 cm³/mol. The van der Waals surface area contributed by atoms with Crippen LogP contribution in [0.25, 0.3) is 21.5 Å². The fraction of sp³-hybridized carbons (Fsp3) is 0.364. The quantitative estimate of drug-likeness (QED) is 0.325. The van der Waals surface area contributed by atoms with E-state index in [1.807, 2.05) is 25.6 Å². The van der Waals surface area contributed by atoms with Gasteiger partial charge in [-0.1, -0.05) is 6.92 Å². The van der Waals surface area contributed by atoms with Gasteiger partial charge < -0.3 is 4.42 Å². The van der Waals surface area contributed by atoms with E-state index in [0.717, 1.165) is 53.2 Å². The monoisotopic (exact) mass is 424 g/mol. The topological polar surface area (TPSA) is 64.7 Å². The minimum atomic E-state index is 0.610. The molecule has 0 aliphatic heterocycles. The Morgan fingerprint density at radius 2 is 1.86 bits per heavy atom. The molecule has 4 rings (SSSR count). The largest absolute Gasteiger partial charge is 0.441 e. The smallest absolute Gasteiger partial charge is 0.191 e. The van der Waals surface area contributed by atoms with Gasteiger partial charge >= 0.3 is 0 Å². The Morgan fingerprint density at radius 1 is 1.07 bits per heavy atom. The summed E-state index contributed by atoms with van der Waals surface area (Å²) >= 11 is 3.44. The highest BCUT2D eigenvalue weighted by Gasteiger charge is 2.11. The number of aryl methyl sites for hydroxylation is 3. The summed E-state index contributed by atoms with van der Waals surface area (Å²) in [5, 5.41) is 1.19. The zero-order chi connectivity index (χ0) is 20.2. The second-order valence-electron chi connectivity index (χ2n) is 7.26. The molecule has 0 aliphatic rings. The summed E-state index contributed by atoms with van der Waals surface area (Å²) < 4.78 is 6.84. The number of benzene rings is 1. The van der Waals surface area contributed by atoms with Crippen LogP contribution in [0.5, 0.6) is 0 Å². The van der Waals surface area contributed by atoms with E-state index < -0.39 is 0 Å². The number of thioether (sulfide) groups is 1. The lowest BCUT2D eigenvalue weighted by Gasteiger charge is -2.09. The molecule has 0 aliphatic carbocycles. The SMILES string of the molecule is CSc1cnc(CCC(C)CCc2nc3ccc(-c4cnc(C)o4)cc3s2)nc1. The van der Waals surface area contributed by atoms with Crippen molar-refractivity contribution in [2.75, 3.05) is 6.26 Å². The molecular formula is C22H24N4OS2. The molecular weight excluding hydrogens is 400 g/mol. The Bertz CT molecular complexity index is 1090. The third kappa shape index (κ3) is 5.03. The van der Waals surface area contributed by atoms with Crippen LogP contribution < -0.4 is 0 Å². The van der Waals surface area contributed by atoms with Gasteiger partial charge in [0.25, 0.3) is 0 Å². The first-order valence-electron chi connectivity index (χ1n) is 9.78. The van der Waals surface area contributed by atoms with Crippen LogP contribution in [0.2, 0.25) is 0 Å². The Morgan fingerprint density at radius 3 is 2.59 bits per heavy atom. The molecule has 0 fully saturated rings. The zero-order valence-electron chi connectivity index (χ0n) is 16.9. The lowest BCUT2D eigenvalue weighted by Crippen LogP contribution is -2.02. The second kappa shape index (κ2) is 9.05. The molecule has 0 amide bonds. The summed E-state index contributed by atoms with van der Waals surface area (Å²) in [5.74, 6) is 3.04.